The Morgan fingerprint density at radius 3 is 2.00 bits per heavy atom. The summed E-state index contributed by atoms with van der Waals surface area (Å²) in [6.45, 7) is 0.516. The first-order valence-corrected chi connectivity index (χ1v) is 10.9. The van der Waals surface area contributed by atoms with E-state index in [9.17, 15) is 4.79 Å². The van der Waals surface area contributed by atoms with Gasteiger partial charge in [-0.1, -0.05) is 66.7 Å². The molecule has 5 aromatic rings. The van der Waals surface area contributed by atoms with Gasteiger partial charge in [-0.3, -0.25) is 4.79 Å². The molecular formula is C26H19N3OS. The second-order valence-corrected chi connectivity index (χ2v) is 8.15. The Hall–Kier alpha value is -3.83. The average molecular weight is 422 g/mol. The average Bonchev–Trinajstić information content (AvgIpc) is 3.36. The van der Waals surface area contributed by atoms with E-state index in [1.54, 1.807) is 17.4 Å². The summed E-state index contributed by atoms with van der Waals surface area (Å²) in [5, 5.41) is 4.98. The van der Waals surface area contributed by atoms with Crippen LogP contribution in [0, 0.1) is 0 Å². The molecule has 0 atom stereocenters. The lowest BCUT2D eigenvalue weighted by Crippen LogP contribution is -2.22. The van der Waals surface area contributed by atoms with Crippen molar-refractivity contribution in [2.24, 2.45) is 0 Å². The fraction of sp³-hybridized carbons (Fsp3) is 0.0385. The predicted molar refractivity (Wildman–Crippen MR) is 126 cm³/mol. The summed E-state index contributed by atoms with van der Waals surface area (Å²) in [4.78, 5) is 23.6. The fourth-order valence-corrected chi connectivity index (χ4v) is 4.12. The minimum Gasteiger partial charge on any atom is -0.347 e. The van der Waals surface area contributed by atoms with Gasteiger partial charge in [-0.25, -0.2) is 9.97 Å². The number of aromatic nitrogens is 2. The van der Waals surface area contributed by atoms with Crippen molar-refractivity contribution in [2.45, 2.75) is 6.54 Å². The van der Waals surface area contributed by atoms with Crippen LogP contribution < -0.4 is 5.32 Å². The molecule has 0 fully saturated rings. The molecule has 31 heavy (non-hydrogen) atoms. The van der Waals surface area contributed by atoms with Gasteiger partial charge in [0.25, 0.3) is 5.91 Å². The first-order chi connectivity index (χ1) is 15.3. The topological polar surface area (TPSA) is 54.9 Å². The highest BCUT2D eigenvalue weighted by Crippen LogP contribution is 2.31. The molecule has 1 N–H and O–H groups in total. The standard InChI is InChI=1S/C26H19N3OS/c30-26(27-17-21-12-7-15-31-21)20-13-14-22-23(16-20)29-25(19-10-5-2-6-11-19)24(28-22)18-8-3-1-4-9-18/h1-16H,17H2,(H,27,30). The van der Waals surface area contributed by atoms with E-state index in [2.05, 4.69) is 5.32 Å². The molecular weight excluding hydrogens is 402 g/mol. The number of thiophene rings is 1. The van der Waals surface area contributed by atoms with E-state index >= 15 is 0 Å². The Labute approximate surface area is 184 Å². The number of nitrogens with one attached hydrogen (secondary N) is 1. The van der Waals surface area contributed by atoms with Gasteiger partial charge in [0.2, 0.25) is 0 Å². The number of carbonyl (C=O) groups excluding carboxylic acids is 1. The third kappa shape index (κ3) is 4.09. The van der Waals surface area contributed by atoms with E-state index < -0.39 is 0 Å². The third-order valence-electron chi connectivity index (χ3n) is 5.02. The van der Waals surface area contributed by atoms with Gasteiger partial charge in [-0.15, -0.1) is 11.3 Å². The van der Waals surface area contributed by atoms with Crippen LogP contribution in [0.25, 0.3) is 33.5 Å². The van der Waals surface area contributed by atoms with Gasteiger partial charge in [-0.2, -0.15) is 0 Å². The van der Waals surface area contributed by atoms with Crippen LogP contribution in [0.1, 0.15) is 15.2 Å². The third-order valence-corrected chi connectivity index (χ3v) is 5.90. The number of fused-ring (bicyclic) bond motifs is 1. The van der Waals surface area contributed by atoms with Crippen molar-refractivity contribution < 1.29 is 4.79 Å². The lowest BCUT2D eigenvalue weighted by atomic mass is 10.0. The van der Waals surface area contributed by atoms with E-state index in [-0.39, 0.29) is 5.91 Å². The molecule has 0 saturated carbocycles. The van der Waals surface area contributed by atoms with Crippen LogP contribution in [-0.4, -0.2) is 15.9 Å². The van der Waals surface area contributed by atoms with Crippen LogP contribution in [0.15, 0.2) is 96.4 Å². The normalized spacial score (nSPS) is 10.8. The van der Waals surface area contributed by atoms with Crippen molar-refractivity contribution in [1.82, 2.24) is 15.3 Å². The van der Waals surface area contributed by atoms with E-state index in [1.807, 2.05) is 90.3 Å². The molecule has 0 unspecified atom stereocenters. The molecule has 0 spiro atoms. The van der Waals surface area contributed by atoms with Crippen molar-refractivity contribution in [2.75, 3.05) is 0 Å². The molecule has 150 valence electrons. The number of benzene rings is 3. The van der Waals surface area contributed by atoms with Crippen molar-refractivity contribution in [3.63, 3.8) is 0 Å². The molecule has 0 aliphatic rings. The van der Waals surface area contributed by atoms with E-state index in [1.165, 1.54) is 0 Å². The van der Waals surface area contributed by atoms with Gasteiger partial charge < -0.3 is 5.32 Å². The van der Waals surface area contributed by atoms with Gasteiger partial charge >= 0.3 is 0 Å². The largest absolute Gasteiger partial charge is 0.347 e. The second kappa shape index (κ2) is 8.50. The summed E-state index contributed by atoms with van der Waals surface area (Å²) in [6.07, 6.45) is 0. The molecule has 0 aliphatic carbocycles. The van der Waals surface area contributed by atoms with Gasteiger partial charge in [-0.05, 0) is 29.6 Å². The quantitative estimate of drug-likeness (QED) is 0.381. The monoisotopic (exact) mass is 421 g/mol. The summed E-state index contributed by atoms with van der Waals surface area (Å²) in [7, 11) is 0. The summed E-state index contributed by atoms with van der Waals surface area (Å²) >= 11 is 1.62. The molecule has 0 bridgehead atoms. The number of amides is 1. The molecule has 0 aliphatic heterocycles. The molecule has 3 aromatic carbocycles. The van der Waals surface area contributed by atoms with Gasteiger partial charge in [0.05, 0.1) is 29.0 Å². The molecule has 1 amide bonds. The highest BCUT2D eigenvalue weighted by molar-refractivity contribution is 7.09. The van der Waals surface area contributed by atoms with Crippen molar-refractivity contribution in [3.8, 4) is 22.5 Å². The lowest BCUT2D eigenvalue weighted by Gasteiger charge is -2.11. The molecule has 5 rings (SSSR count). The van der Waals surface area contributed by atoms with Crippen molar-refractivity contribution in [1.29, 1.82) is 0 Å². The second-order valence-electron chi connectivity index (χ2n) is 7.12. The maximum Gasteiger partial charge on any atom is 0.251 e. The minimum atomic E-state index is -0.120. The van der Waals surface area contributed by atoms with Crippen LogP contribution in [0.5, 0.6) is 0 Å². The maximum atomic E-state index is 12.7. The van der Waals surface area contributed by atoms with Gasteiger partial charge in [0.1, 0.15) is 0 Å². The molecule has 5 heteroatoms. The number of carbonyl (C=O) groups is 1. The SMILES string of the molecule is O=C(NCc1cccs1)c1ccc2nc(-c3ccccc3)c(-c3ccccc3)nc2c1. The summed E-state index contributed by atoms with van der Waals surface area (Å²) in [5.41, 5.74) is 5.65. The lowest BCUT2D eigenvalue weighted by molar-refractivity contribution is 0.0951. The highest BCUT2D eigenvalue weighted by Gasteiger charge is 2.14. The van der Waals surface area contributed by atoms with Crippen LogP contribution in [0.3, 0.4) is 0 Å². The molecule has 0 saturated heterocycles. The highest BCUT2D eigenvalue weighted by atomic mass is 32.1. The maximum absolute atomic E-state index is 12.7. The first-order valence-electron chi connectivity index (χ1n) is 10.0. The Balaban J connectivity index is 1.56. The Morgan fingerprint density at radius 1 is 0.742 bits per heavy atom. The summed E-state index contributed by atoms with van der Waals surface area (Å²) < 4.78 is 0. The van der Waals surface area contributed by atoms with E-state index in [4.69, 9.17) is 9.97 Å². The molecule has 2 heterocycles. The smallest absolute Gasteiger partial charge is 0.251 e. The molecule has 0 radical (unpaired) electrons. The van der Waals surface area contributed by atoms with Crippen LogP contribution in [0.2, 0.25) is 0 Å². The van der Waals surface area contributed by atoms with Gasteiger partial charge in [0.15, 0.2) is 0 Å². The van der Waals surface area contributed by atoms with E-state index in [0.717, 1.165) is 32.9 Å². The van der Waals surface area contributed by atoms with Crippen molar-refractivity contribution in [3.05, 3.63) is 107 Å². The zero-order valence-electron chi connectivity index (χ0n) is 16.7. The number of hydrogen-bond acceptors (Lipinski definition) is 4. The van der Waals surface area contributed by atoms with Crippen LogP contribution in [0.4, 0.5) is 0 Å². The Kier molecular flexibility index (Phi) is 5.25. The summed E-state index contributed by atoms with van der Waals surface area (Å²) in [5.74, 6) is -0.120. The van der Waals surface area contributed by atoms with Gasteiger partial charge in [0, 0.05) is 21.6 Å². The Bertz CT molecular complexity index is 1330. The fourth-order valence-electron chi connectivity index (χ4n) is 3.47. The first kappa shape index (κ1) is 19.2. The number of hydrogen-bond donors (Lipinski definition) is 1. The predicted octanol–water partition coefficient (Wildman–Crippen LogP) is 5.96. The van der Waals surface area contributed by atoms with E-state index in [0.29, 0.717) is 17.6 Å². The molecule has 2 aromatic heterocycles. The number of nitrogens with zero attached hydrogens (tertiary/aromatic N) is 2. The summed E-state index contributed by atoms with van der Waals surface area (Å²) in [6, 6.07) is 29.5. The van der Waals surface area contributed by atoms with Crippen LogP contribution in [-0.2, 0) is 6.54 Å². The zero-order chi connectivity index (χ0) is 21.0. The molecule has 4 nitrogen and oxygen atoms in total. The van der Waals surface area contributed by atoms with Crippen molar-refractivity contribution >= 4 is 28.3 Å². The van der Waals surface area contributed by atoms with Crippen LogP contribution >= 0.6 is 11.3 Å². The Morgan fingerprint density at radius 2 is 1.39 bits per heavy atom. The number of rotatable bonds is 5. The minimum absolute atomic E-state index is 0.120. The zero-order valence-corrected chi connectivity index (χ0v) is 17.5.